The number of carbonyl (C=O) groups is 2. The molecule has 2 rings (SSSR count). The van der Waals surface area contributed by atoms with Crippen molar-refractivity contribution >= 4 is 58.1 Å². The van der Waals surface area contributed by atoms with Crippen molar-refractivity contribution in [3.05, 3.63) is 67.1 Å². The van der Waals surface area contributed by atoms with Crippen molar-refractivity contribution in [2.45, 2.75) is 0 Å². The van der Waals surface area contributed by atoms with Gasteiger partial charge in [0.1, 0.15) is 5.56 Å². The minimum atomic E-state index is -1.03. The highest BCUT2D eigenvalue weighted by molar-refractivity contribution is 6.36. The topological polar surface area (TPSA) is 98.5 Å². The van der Waals surface area contributed by atoms with E-state index in [-0.39, 0.29) is 21.3 Å². The Morgan fingerprint density at radius 2 is 1.72 bits per heavy atom. The molecule has 0 aromatic heterocycles. The number of hydrogen-bond acceptors (Lipinski definition) is 5. The van der Waals surface area contributed by atoms with E-state index in [1.54, 1.807) is 0 Å². The van der Waals surface area contributed by atoms with Crippen molar-refractivity contribution in [2.24, 2.45) is 0 Å². The van der Waals surface area contributed by atoms with E-state index in [4.69, 9.17) is 39.5 Å². The van der Waals surface area contributed by atoms with Crippen LogP contribution in [0, 0.1) is 10.1 Å². The SMILES string of the molecule is O=C(COC(=O)c1ccc(Cl)cc1[N+](=O)[O-])Nc1ccc(Cl)cc1Cl. The largest absolute Gasteiger partial charge is 0.452 e. The van der Waals surface area contributed by atoms with E-state index >= 15 is 0 Å². The van der Waals surface area contributed by atoms with Crippen LogP contribution in [0.2, 0.25) is 15.1 Å². The molecule has 0 saturated carbocycles. The predicted molar refractivity (Wildman–Crippen MR) is 93.5 cm³/mol. The zero-order valence-corrected chi connectivity index (χ0v) is 14.6. The molecule has 2 aromatic rings. The first-order valence-corrected chi connectivity index (χ1v) is 7.77. The Morgan fingerprint density at radius 3 is 2.36 bits per heavy atom. The molecule has 10 heteroatoms. The van der Waals surface area contributed by atoms with Crippen LogP contribution in [-0.2, 0) is 9.53 Å². The summed E-state index contributed by atoms with van der Waals surface area (Å²) in [6.07, 6.45) is 0. The molecule has 0 heterocycles. The van der Waals surface area contributed by atoms with Gasteiger partial charge in [-0.2, -0.15) is 0 Å². The number of hydrogen-bond donors (Lipinski definition) is 1. The van der Waals surface area contributed by atoms with Gasteiger partial charge < -0.3 is 10.1 Å². The van der Waals surface area contributed by atoms with Crippen LogP contribution >= 0.6 is 34.8 Å². The van der Waals surface area contributed by atoms with E-state index in [0.29, 0.717) is 5.02 Å². The molecule has 0 fully saturated rings. The smallest absolute Gasteiger partial charge is 0.345 e. The quantitative estimate of drug-likeness (QED) is 0.454. The van der Waals surface area contributed by atoms with E-state index in [1.807, 2.05) is 0 Å². The molecule has 1 amide bonds. The van der Waals surface area contributed by atoms with Gasteiger partial charge in [0.15, 0.2) is 6.61 Å². The second kappa shape index (κ2) is 8.15. The van der Waals surface area contributed by atoms with Crippen molar-refractivity contribution in [3.63, 3.8) is 0 Å². The van der Waals surface area contributed by atoms with Crippen LogP contribution in [0.3, 0.4) is 0 Å². The van der Waals surface area contributed by atoms with E-state index in [0.717, 1.165) is 12.1 Å². The standard InChI is InChI=1S/C15H9Cl3N2O5/c16-8-2-4-12(11(18)5-8)19-14(21)7-25-15(22)10-3-1-9(17)6-13(10)20(23)24/h1-6H,7H2,(H,19,21). The molecular formula is C15H9Cl3N2O5. The average Bonchev–Trinajstić information content (AvgIpc) is 2.55. The Balaban J connectivity index is 2.02. The van der Waals surface area contributed by atoms with E-state index in [1.165, 1.54) is 24.3 Å². The second-order valence-electron chi connectivity index (χ2n) is 4.67. The normalized spacial score (nSPS) is 10.2. The zero-order chi connectivity index (χ0) is 18.6. The fourth-order valence-corrected chi connectivity index (χ4v) is 2.44. The molecule has 0 atom stereocenters. The van der Waals surface area contributed by atoms with Gasteiger partial charge in [-0.1, -0.05) is 34.8 Å². The molecule has 0 aliphatic heterocycles. The van der Waals surface area contributed by atoms with Crippen molar-refractivity contribution in [2.75, 3.05) is 11.9 Å². The summed E-state index contributed by atoms with van der Waals surface area (Å²) in [6, 6.07) is 7.91. The molecule has 7 nitrogen and oxygen atoms in total. The van der Waals surface area contributed by atoms with Crippen LogP contribution in [0.25, 0.3) is 0 Å². The number of nitro groups is 1. The van der Waals surface area contributed by atoms with Gasteiger partial charge in [0.2, 0.25) is 0 Å². The number of esters is 1. The highest BCUT2D eigenvalue weighted by atomic mass is 35.5. The Labute approximate surface area is 156 Å². The van der Waals surface area contributed by atoms with Crippen LogP contribution in [0.5, 0.6) is 0 Å². The van der Waals surface area contributed by atoms with Gasteiger partial charge in [0.25, 0.3) is 11.6 Å². The third-order valence-electron chi connectivity index (χ3n) is 2.92. The summed E-state index contributed by atoms with van der Waals surface area (Å²) in [7, 11) is 0. The van der Waals surface area contributed by atoms with Crippen molar-refractivity contribution in [1.82, 2.24) is 0 Å². The lowest BCUT2D eigenvalue weighted by molar-refractivity contribution is -0.385. The van der Waals surface area contributed by atoms with Gasteiger partial charge >= 0.3 is 5.97 Å². The lowest BCUT2D eigenvalue weighted by Gasteiger charge is -2.08. The zero-order valence-electron chi connectivity index (χ0n) is 12.3. The fraction of sp³-hybridized carbons (Fsp3) is 0.0667. The monoisotopic (exact) mass is 402 g/mol. The third-order valence-corrected chi connectivity index (χ3v) is 3.70. The summed E-state index contributed by atoms with van der Waals surface area (Å²) < 4.78 is 4.79. The first kappa shape index (κ1) is 19.0. The number of halogens is 3. The first-order valence-electron chi connectivity index (χ1n) is 6.64. The second-order valence-corrected chi connectivity index (χ2v) is 5.95. The number of anilines is 1. The van der Waals surface area contributed by atoms with Gasteiger partial charge in [-0.25, -0.2) is 4.79 Å². The maximum absolute atomic E-state index is 12.0. The van der Waals surface area contributed by atoms with Crippen LogP contribution in [0.4, 0.5) is 11.4 Å². The molecular weight excluding hydrogens is 395 g/mol. The Kier molecular flexibility index (Phi) is 6.19. The lowest BCUT2D eigenvalue weighted by atomic mass is 10.2. The van der Waals surface area contributed by atoms with Crippen LogP contribution in [0.1, 0.15) is 10.4 Å². The van der Waals surface area contributed by atoms with Gasteiger partial charge in [0.05, 0.1) is 15.6 Å². The molecule has 0 bridgehead atoms. The minimum absolute atomic E-state index is 0.0957. The van der Waals surface area contributed by atoms with Gasteiger partial charge in [-0.3, -0.25) is 14.9 Å². The summed E-state index contributed by atoms with van der Waals surface area (Å²) in [6.45, 7) is -0.655. The third kappa shape index (κ3) is 5.06. The Hall–Kier alpha value is -2.35. The lowest BCUT2D eigenvalue weighted by Crippen LogP contribution is -2.21. The number of rotatable bonds is 5. The first-order chi connectivity index (χ1) is 11.8. The number of carbonyl (C=O) groups excluding carboxylic acids is 2. The Bertz CT molecular complexity index is 857. The number of nitrogens with zero attached hydrogens (tertiary/aromatic N) is 1. The van der Waals surface area contributed by atoms with Crippen molar-refractivity contribution in [3.8, 4) is 0 Å². The van der Waals surface area contributed by atoms with Crippen molar-refractivity contribution < 1.29 is 19.2 Å². The fourth-order valence-electron chi connectivity index (χ4n) is 1.81. The van der Waals surface area contributed by atoms with E-state index in [2.05, 4.69) is 5.32 Å². The molecule has 1 N–H and O–H groups in total. The Morgan fingerprint density at radius 1 is 1.08 bits per heavy atom. The number of amides is 1. The van der Waals surface area contributed by atoms with Crippen LogP contribution in [0.15, 0.2) is 36.4 Å². The summed E-state index contributed by atoms with van der Waals surface area (Å²) in [4.78, 5) is 34.0. The summed E-state index contributed by atoms with van der Waals surface area (Å²) in [5.41, 5.74) is -0.546. The van der Waals surface area contributed by atoms with Crippen molar-refractivity contribution in [1.29, 1.82) is 0 Å². The predicted octanol–water partition coefficient (Wildman–Crippen LogP) is 4.35. The number of nitro benzene ring substituents is 1. The molecule has 0 radical (unpaired) electrons. The van der Waals surface area contributed by atoms with Crippen LogP contribution in [-0.4, -0.2) is 23.4 Å². The summed E-state index contributed by atoms with van der Waals surface area (Å²) in [5, 5.41) is 14.1. The maximum atomic E-state index is 12.0. The summed E-state index contributed by atoms with van der Waals surface area (Å²) in [5.74, 6) is -1.70. The molecule has 0 aliphatic rings. The highest BCUT2D eigenvalue weighted by Gasteiger charge is 2.22. The number of benzene rings is 2. The molecule has 0 aliphatic carbocycles. The molecule has 0 unspecified atom stereocenters. The van der Waals surface area contributed by atoms with E-state index in [9.17, 15) is 19.7 Å². The van der Waals surface area contributed by atoms with Gasteiger partial charge in [-0.15, -0.1) is 0 Å². The van der Waals surface area contributed by atoms with Crippen LogP contribution < -0.4 is 5.32 Å². The summed E-state index contributed by atoms with van der Waals surface area (Å²) >= 11 is 17.3. The number of nitrogens with one attached hydrogen (secondary N) is 1. The van der Waals surface area contributed by atoms with Gasteiger partial charge in [0, 0.05) is 16.1 Å². The number of ether oxygens (including phenoxy) is 1. The molecule has 2 aromatic carbocycles. The average molecular weight is 404 g/mol. The van der Waals surface area contributed by atoms with E-state index < -0.39 is 29.1 Å². The molecule has 0 spiro atoms. The molecule has 130 valence electrons. The highest BCUT2D eigenvalue weighted by Crippen LogP contribution is 2.26. The van der Waals surface area contributed by atoms with Gasteiger partial charge in [-0.05, 0) is 30.3 Å². The molecule has 25 heavy (non-hydrogen) atoms. The maximum Gasteiger partial charge on any atom is 0.345 e. The molecule has 0 saturated heterocycles. The minimum Gasteiger partial charge on any atom is -0.452 e.